The van der Waals surface area contributed by atoms with Crippen molar-refractivity contribution >= 4 is 12.0 Å². The molecule has 0 unspecified atom stereocenters. The first kappa shape index (κ1) is 12.5. The van der Waals surface area contributed by atoms with Gasteiger partial charge < -0.3 is 10.2 Å². The predicted molar refractivity (Wildman–Crippen MR) is 63.1 cm³/mol. The van der Waals surface area contributed by atoms with Crippen molar-refractivity contribution in [3.05, 3.63) is 41.5 Å². The average molecular weight is 220 g/mol. The van der Waals surface area contributed by atoms with E-state index in [0.29, 0.717) is 12.8 Å². The molecule has 3 heteroatoms. The van der Waals surface area contributed by atoms with Crippen molar-refractivity contribution in [1.82, 2.24) is 0 Å². The van der Waals surface area contributed by atoms with E-state index < -0.39 is 5.97 Å². The molecule has 0 aliphatic rings. The second kappa shape index (κ2) is 6.80. The Labute approximate surface area is 95.0 Å². The minimum absolute atomic E-state index is 0.160. The largest absolute Gasteiger partial charge is 0.481 e. The van der Waals surface area contributed by atoms with Crippen molar-refractivity contribution in [3.8, 4) is 0 Å². The average Bonchev–Trinajstić information content (AvgIpc) is 2.28. The second-order valence-corrected chi connectivity index (χ2v) is 3.55. The summed E-state index contributed by atoms with van der Waals surface area (Å²) in [6, 6.07) is 7.76. The maximum Gasteiger partial charge on any atom is 0.303 e. The molecular formula is C13H16O3. The highest BCUT2D eigenvalue weighted by Gasteiger charge is 1.98. The standard InChI is InChI=1S/C13H16O3/c14-10-2-1-3-11-4-6-12(7-5-11)8-9-13(15)16/h1,3-7,14H,2,8-10H2,(H,15,16). The van der Waals surface area contributed by atoms with E-state index in [9.17, 15) is 4.79 Å². The van der Waals surface area contributed by atoms with Crippen LogP contribution >= 0.6 is 0 Å². The van der Waals surface area contributed by atoms with Gasteiger partial charge in [-0.1, -0.05) is 36.4 Å². The summed E-state index contributed by atoms with van der Waals surface area (Å²) in [4.78, 5) is 10.4. The predicted octanol–water partition coefficient (Wildman–Crippen LogP) is 2.10. The quantitative estimate of drug-likeness (QED) is 0.771. The lowest BCUT2D eigenvalue weighted by Crippen LogP contribution is -1.97. The van der Waals surface area contributed by atoms with Gasteiger partial charge in [-0.05, 0) is 24.0 Å². The van der Waals surface area contributed by atoms with Crippen LogP contribution < -0.4 is 0 Å². The zero-order valence-electron chi connectivity index (χ0n) is 9.10. The molecule has 0 atom stereocenters. The van der Waals surface area contributed by atoms with Gasteiger partial charge in [0.15, 0.2) is 0 Å². The van der Waals surface area contributed by atoms with E-state index in [4.69, 9.17) is 10.2 Å². The molecule has 0 heterocycles. The van der Waals surface area contributed by atoms with Crippen LogP contribution in [-0.4, -0.2) is 22.8 Å². The summed E-state index contributed by atoms with van der Waals surface area (Å²) in [5.41, 5.74) is 2.09. The van der Waals surface area contributed by atoms with Crippen LogP contribution in [-0.2, 0) is 11.2 Å². The molecule has 0 bridgehead atoms. The highest BCUT2D eigenvalue weighted by atomic mass is 16.4. The Morgan fingerprint density at radius 3 is 2.50 bits per heavy atom. The van der Waals surface area contributed by atoms with Crippen LogP contribution in [0.2, 0.25) is 0 Å². The summed E-state index contributed by atoms with van der Waals surface area (Å²) in [6.45, 7) is 0.160. The fourth-order valence-corrected chi connectivity index (χ4v) is 1.34. The number of aliphatic carboxylic acids is 1. The Kier molecular flexibility index (Phi) is 5.29. The number of hydrogen-bond acceptors (Lipinski definition) is 2. The number of carbonyl (C=O) groups is 1. The molecule has 1 aromatic rings. The highest BCUT2D eigenvalue weighted by molar-refractivity contribution is 5.67. The monoisotopic (exact) mass is 220 g/mol. The number of carboxylic acid groups (broad SMARTS) is 1. The molecule has 1 rings (SSSR count). The molecule has 2 N–H and O–H groups in total. The van der Waals surface area contributed by atoms with Crippen molar-refractivity contribution in [2.45, 2.75) is 19.3 Å². The molecule has 0 amide bonds. The normalized spacial score (nSPS) is 10.8. The number of rotatable bonds is 6. The number of benzene rings is 1. The summed E-state index contributed by atoms with van der Waals surface area (Å²) in [6.07, 6.45) is 5.24. The Morgan fingerprint density at radius 2 is 1.94 bits per heavy atom. The third-order valence-electron chi connectivity index (χ3n) is 2.21. The molecule has 0 radical (unpaired) electrons. The van der Waals surface area contributed by atoms with Gasteiger partial charge in [0.25, 0.3) is 0 Å². The van der Waals surface area contributed by atoms with Crippen molar-refractivity contribution in [1.29, 1.82) is 0 Å². The molecule has 0 aliphatic heterocycles. The number of aryl methyl sites for hydroxylation is 1. The number of carboxylic acids is 1. The van der Waals surface area contributed by atoms with Gasteiger partial charge in [-0.2, -0.15) is 0 Å². The van der Waals surface area contributed by atoms with Gasteiger partial charge in [0.05, 0.1) is 0 Å². The van der Waals surface area contributed by atoms with Gasteiger partial charge in [0.1, 0.15) is 0 Å². The smallest absolute Gasteiger partial charge is 0.303 e. The molecule has 86 valence electrons. The van der Waals surface area contributed by atoms with E-state index >= 15 is 0 Å². The van der Waals surface area contributed by atoms with Gasteiger partial charge in [0.2, 0.25) is 0 Å². The van der Waals surface area contributed by atoms with Crippen LogP contribution in [0.15, 0.2) is 30.3 Å². The van der Waals surface area contributed by atoms with E-state index in [1.807, 2.05) is 36.4 Å². The molecular weight excluding hydrogens is 204 g/mol. The minimum Gasteiger partial charge on any atom is -0.481 e. The zero-order chi connectivity index (χ0) is 11.8. The number of aliphatic hydroxyl groups is 1. The van der Waals surface area contributed by atoms with Gasteiger partial charge >= 0.3 is 5.97 Å². The second-order valence-electron chi connectivity index (χ2n) is 3.55. The highest BCUT2D eigenvalue weighted by Crippen LogP contribution is 2.08. The maximum atomic E-state index is 10.4. The molecule has 3 nitrogen and oxygen atoms in total. The summed E-state index contributed by atoms with van der Waals surface area (Å²) < 4.78 is 0. The molecule has 0 aliphatic carbocycles. The van der Waals surface area contributed by atoms with Gasteiger partial charge in [-0.15, -0.1) is 0 Å². The molecule has 0 aromatic heterocycles. The van der Waals surface area contributed by atoms with Crippen molar-refractivity contribution < 1.29 is 15.0 Å². The first-order valence-electron chi connectivity index (χ1n) is 5.30. The summed E-state index contributed by atoms with van der Waals surface area (Å²) in [5, 5.41) is 17.1. The van der Waals surface area contributed by atoms with E-state index in [2.05, 4.69) is 0 Å². The molecule has 16 heavy (non-hydrogen) atoms. The lowest BCUT2D eigenvalue weighted by atomic mass is 10.1. The fourth-order valence-electron chi connectivity index (χ4n) is 1.34. The maximum absolute atomic E-state index is 10.4. The lowest BCUT2D eigenvalue weighted by Gasteiger charge is -1.99. The summed E-state index contributed by atoms with van der Waals surface area (Å²) in [5.74, 6) is -0.771. The lowest BCUT2D eigenvalue weighted by molar-refractivity contribution is -0.136. The Balaban J connectivity index is 2.50. The minimum atomic E-state index is -0.771. The van der Waals surface area contributed by atoms with Crippen LogP contribution in [0.4, 0.5) is 0 Å². The van der Waals surface area contributed by atoms with Crippen molar-refractivity contribution in [2.75, 3.05) is 6.61 Å². The number of aliphatic hydroxyl groups excluding tert-OH is 1. The van der Waals surface area contributed by atoms with Crippen molar-refractivity contribution in [2.24, 2.45) is 0 Å². The van der Waals surface area contributed by atoms with E-state index in [-0.39, 0.29) is 13.0 Å². The Bertz CT molecular complexity index is 352. The SMILES string of the molecule is O=C(O)CCc1ccc(C=CCCO)cc1. The van der Waals surface area contributed by atoms with E-state index in [0.717, 1.165) is 11.1 Å². The first-order chi connectivity index (χ1) is 7.72. The van der Waals surface area contributed by atoms with Gasteiger partial charge in [0, 0.05) is 13.0 Å². The van der Waals surface area contributed by atoms with Crippen LogP contribution in [0.25, 0.3) is 6.08 Å². The Hall–Kier alpha value is -1.61. The van der Waals surface area contributed by atoms with Crippen molar-refractivity contribution in [3.63, 3.8) is 0 Å². The zero-order valence-corrected chi connectivity index (χ0v) is 9.10. The van der Waals surface area contributed by atoms with Gasteiger partial charge in [-0.3, -0.25) is 4.79 Å². The van der Waals surface area contributed by atoms with Gasteiger partial charge in [-0.25, -0.2) is 0 Å². The fraction of sp³-hybridized carbons (Fsp3) is 0.308. The third kappa shape index (κ3) is 4.75. The molecule has 0 saturated heterocycles. The Morgan fingerprint density at radius 1 is 1.25 bits per heavy atom. The topological polar surface area (TPSA) is 57.5 Å². The van der Waals surface area contributed by atoms with Crippen LogP contribution in [0.3, 0.4) is 0 Å². The van der Waals surface area contributed by atoms with E-state index in [1.165, 1.54) is 0 Å². The molecule has 0 saturated carbocycles. The van der Waals surface area contributed by atoms with Crippen LogP contribution in [0, 0.1) is 0 Å². The summed E-state index contributed by atoms with van der Waals surface area (Å²) in [7, 11) is 0. The van der Waals surface area contributed by atoms with E-state index in [1.54, 1.807) is 0 Å². The third-order valence-corrected chi connectivity index (χ3v) is 2.21. The van der Waals surface area contributed by atoms with Crippen LogP contribution in [0.1, 0.15) is 24.0 Å². The molecule has 1 aromatic carbocycles. The molecule has 0 fully saturated rings. The molecule has 0 spiro atoms. The summed E-state index contributed by atoms with van der Waals surface area (Å²) >= 11 is 0. The van der Waals surface area contributed by atoms with Crippen LogP contribution in [0.5, 0.6) is 0 Å². The number of hydrogen-bond donors (Lipinski definition) is 2. The first-order valence-corrected chi connectivity index (χ1v) is 5.30.